The summed E-state index contributed by atoms with van der Waals surface area (Å²) < 4.78 is 41.1. The first-order valence-corrected chi connectivity index (χ1v) is 12.3. The van der Waals surface area contributed by atoms with Crippen LogP contribution in [0.3, 0.4) is 0 Å². The van der Waals surface area contributed by atoms with Crippen LogP contribution in [0.2, 0.25) is 0 Å². The maximum Gasteiger partial charge on any atom is 0.243 e. The van der Waals surface area contributed by atoms with Crippen molar-refractivity contribution in [2.75, 3.05) is 33.7 Å². The summed E-state index contributed by atoms with van der Waals surface area (Å²) in [5.41, 5.74) is 2.78. The van der Waals surface area contributed by atoms with Gasteiger partial charge < -0.3 is 10.2 Å². The summed E-state index contributed by atoms with van der Waals surface area (Å²) in [5.74, 6) is -0.633. The van der Waals surface area contributed by atoms with Gasteiger partial charge in [-0.15, -0.1) is 0 Å². The molecule has 0 saturated carbocycles. The zero-order valence-corrected chi connectivity index (χ0v) is 20.0. The van der Waals surface area contributed by atoms with Crippen LogP contribution in [0.5, 0.6) is 0 Å². The molecule has 32 heavy (non-hydrogen) atoms. The van der Waals surface area contributed by atoms with Gasteiger partial charge in [-0.3, -0.25) is 4.79 Å². The van der Waals surface area contributed by atoms with Crippen molar-refractivity contribution in [2.24, 2.45) is 5.92 Å². The molecular formula is C24H32FN3O3S. The number of halogens is 1. The molecule has 0 aromatic heterocycles. The van der Waals surface area contributed by atoms with Crippen molar-refractivity contribution < 1.29 is 17.6 Å². The average Bonchev–Trinajstić information content (AvgIpc) is 2.75. The van der Waals surface area contributed by atoms with Crippen LogP contribution in [-0.4, -0.2) is 57.3 Å². The highest BCUT2D eigenvalue weighted by Gasteiger charge is 2.32. The van der Waals surface area contributed by atoms with Crippen molar-refractivity contribution in [1.29, 1.82) is 0 Å². The molecule has 0 bridgehead atoms. The number of aryl methyl sites for hydroxylation is 2. The molecule has 1 N–H and O–H groups in total. The number of hydrogen-bond donors (Lipinski definition) is 1. The Kier molecular flexibility index (Phi) is 7.69. The fraction of sp³-hybridized carbons (Fsp3) is 0.458. The minimum absolute atomic E-state index is 0.0866. The van der Waals surface area contributed by atoms with Crippen LogP contribution in [0.25, 0.3) is 0 Å². The molecular weight excluding hydrogens is 429 g/mol. The van der Waals surface area contributed by atoms with E-state index in [1.807, 2.05) is 45.0 Å². The molecule has 1 amide bonds. The molecule has 1 heterocycles. The molecule has 2 aromatic rings. The molecule has 1 fully saturated rings. The van der Waals surface area contributed by atoms with Gasteiger partial charge in [-0.2, -0.15) is 4.31 Å². The molecule has 0 spiro atoms. The summed E-state index contributed by atoms with van der Waals surface area (Å²) >= 11 is 0. The second-order valence-corrected chi connectivity index (χ2v) is 10.6. The number of benzene rings is 2. The van der Waals surface area contributed by atoms with E-state index in [0.29, 0.717) is 37.4 Å². The third kappa shape index (κ3) is 5.54. The number of nitrogens with one attached hydrogen (secondary N) is 1. The molecule has 1 unspecified atom stereocenters. The SMILES string of the molecule is Cc1ccc(S(=O)(=O)N2CCC(C(=O)NCC(c3cccc(F)c3)N(C)C)CC2)cc1C. The highest BCUT2D eigenvalue weighted by atomic mass is 32.2. The summed E-state index contributed by atoms with van der Waals surface area (Å²) in [5, 5.41) is 2.98. The second-order valence-electron chi connectivity index (χ2n) is 8.70. The smallest absolute Gasteiger partial charge is 0.243 e. The maximum absolute atomic E-state index is 13.6. The standard InChI is InChI=1S/C24H32FN3O3S/c1-17-8-9-22(14-18(17)2)32(30,31)28-12-10-19(11-13-28)24(29)26-16-23(27(3)4)20-6-5-7-21(25)15-20/h5-9,14-15,19,23H,10-13,16H2,1-4H3,(H,26,29). The first-order valence-electron chi connectivity index (χ1n) is 10.9. The minimum atomic E-state index is -3.57. The summed E-state index contributed by atoms with van der Waals surface area (Å²) in [6.07, 6.45) is 0.949. The van der Waals surface area contributed by atoms with Crippen molar-refractivity contribution in [3.63, 3.8) is 0 Å². The largest absolute Gasteiger partial charge is 0.354 e. The van der Waals surface area contributed by atoms with E-state index in [4.69, 9.17) is 0 Å². The molecule has 1 saturated heterocycles. The number of nitrogens with zero attached hydrogens (tertiary/aromatic N) is 2. The Morgan fingerprint density at radius 2 is 1.81 bits per heavy atom. The Morgan fingerprint density at radius 3 is 2.41 bits per heavy atom. The van der Waals surface area contributed by atoms with Crippen LogP contribution in [0, 0.1) is 25.6 Å². The Morgan fingerprint density at radius 1 is 1.12 bits per heavy atom. The predicted octanol–water partition coefficient (Wildman–Crippen LogP) is 3.26. The second kappa shape index (κ2) is 10.1. The van der Waals surface area contributed by atoms with E-state index in [-0.39, 0.29) is 23.7 Å². The van der Waals surface area contributed by atoms with E-state index in [1.54, 1.807) is 18.2 Å². The number of carbonyl (C=O) groups excluding carboxylic acids is 1. The Hall–Kier alpha value is -2.29. The summed E-state index contributed by atoms with van der Waals surface area (Å²) in [4.78, 5) is 15.0. The van der Waals surface area contributed by atoms with Crippen molar-refractivity contribution in [3.05, 3.63) is 65.0 Å². The van der Waals surface area contributed by atoms with E-state index < -0.39 is 10.0 Å². The molecule has 1 aliphatic rings. The van der Waals surface area contributed by atoms with E-state index in [0.717, 1.165) is 16.7 Å². The molecule has 174 valence electrons. The van der Waals surface area contributed by atoms with Crippen LogP contribution >= 0.6 is 0 Å². The summed E-state index contributed by atoms with van der Waals surface area (Å²) in [6.45, 7) is 4.83. The molecule has 0 radical (unpaired) electrons. The van der Waals surface area contributed by atoms with E-state index in [2.05, 4.69) is 5.32 Å². The zero-order valence-electron chi connectivity index (χ0n) is 19.1. The molecule has 6 nitrogen and oxygen atoms in total. The first kappa shape index (κ1) is 24.4. The quantitative estimate of drug-likeness (QED) is 0.687. The number of amides is 1. The lowest BCUT2D eigenvalue weighted by Crippen LogP contribution is -2.44. The van der Waals surface area contributed by atoms with Gasteiger partial charge in [0, 0.05) is 25.6 Å². The third-order valence-electron chi connectivity index (χ3n) is 6.27. The van der Waals surface area contributed by atoms with Gasteiger partial charge in [0.25, 0.3) is 0 Å². The Bertz CT molecular complexity index is 1060. The van der Waals surface area contributed by atoms with Crippen molar-refractivity contribution >= 4 is 15.9 Å². The normalized spacial score (nSPS) is 16.8. The van der Waals surface area contributed by atoms with Crippen molar-refractivity contribution in [3.8, 4) is 0 Å². The highest BCUT2D eigenvalue weighted by molar-refractivity contribution is 7.89. The van der Waals surface area contributed by atoms with Gasteiger partial charge in [0.2, 0.25) is 15.9 Å². The predicted molar refractivity (Wildman–Crippen MR) is 123 cm³/mol. The van der Waals surface area contributed by atoms with Gasteiger partial charge in [0.1, 0.15) is 5.82 Å². The molecule has 3 rings (SSSR count). The number of likely N-dealkylation sites (N-methyl/N-ethyl adjacent to an activating group) is 1. The Labute approximate surface area is 190 Å². The van der Waals surface area contributed by atoms with Crippen LogP contribution in [0.15, 0.2) is 47.4 Å². The van der Waals surface area contributed by atoms with Crippen molar-refractivity contribution in [1.82, 2.24) is 14.5 Å². The molecule has 2 aromatic carbocycles. The topological polar surface area (TPSA) is 69.7 Å². The summed E-state index contributed by atoms with van der Waals surface area (Å²) in [7, 11) is 0.205. The van der Waals surface area contributed by atoms with Crippen LogP contribution in [0.4, 0.5) is 4.39 Å². The van der Waals surface area contributed by atoms with Gasteiger partial charge in [0.05, 0.1) is 10.9 Å². The maximum atomic E-state index is 13.6. The first-order chi connectivity index (χ1) is 15.1. The number of sulfonamides is 1. The van der Waals surface area contributed by atoms with E-state index in [1.165, 1.54) is 16.4 Å². The molecule has 1 atom stereocenters. The van der Waals surface area contributed by atoms with Crippen molar-refractivity contribution in [2.45, 2.75) is 37.6 Å². The monoisotopic (exact) mass is 461 g/mol. The number of hydrogen-bond acceptors (Lipinski definition) is 4. The number of carbonyl (C=O) groups is 1. The molecule has 1 aliphatic heterocycles. The lowest BCUT2D eigenvalue weighted by Gasteiger charge is -2.31. The average molecular weight is 462 g/mol. The number of piperidine rings is 1. The Balaban J connectivity index is 1.58. The van der Waals surface area contributed by atoms with E-state index in [9.17, 15) is 17.6 Å². The highest BCUT2D eigenvalue weighted by Crippen LogP contribution is 2.26. The van der Waals surface area contributed by atoms with Crippen LogP contribution in [-0.2, 0) is 14.8 Å². The van der Waals surface area contributed by atoms with Gasteiger partial charge >= 0.3 is 0 Å². The van der Waals surface area contributed by atoms with Crippen LogP contribution < -0.4 is 5.32 Å². The minimum Gasteiger partial charge on any atom is -0.354 e. The third-order valence-corrected chi connectivity index (χ3v) is 8.16. The van der Waals surface area contributed by atoms with E-state index >= 15 is 0 Å². The van der Waals surface area contributed by atoms with Crippen LogP contribution in [0.1, 0.15) is 35.6 Å². The van der Waals surface area contributed by atoms with Gasteiger partial charge in [-0.25, -0.2) is 12.8 Å². The van der Waals surface area contributed by atoms with Gasteiger partial charge in [0.15, 0.2) is 0 Å². The molecule has 0 aliphatic carbocycles. The fourth-order valence-electron chi connectivity index (χ4n) is 4.04. The van der Waals surface area contributed by atoms with Gasteiger partial charge in [-0.05, 0) is 81.7 Å². The lowest BCUT2D eigenvalue weighted by atomic mass is 9.97. The zero-order chi connectivity index (χ0) is 23.5. The fourth-order valence-corrected chi connectivity index (χ4v) is 5.59. The van der Waals surface area contributed by atoms with Gasteiger partial charge in [-0.1, -0.05) is 18.2 Å². The number of rotatable bonds is 7. The summed E-state index contributed by atoms with van der Waals surface area (Å²) in [6, 6.07) is 11.4. The molecule has 8 heteroatoms. The lowest BCUT2D eigenvalue weighted by molar-refractivity contribution is -0.126.